The predicted molar refractivity (Wildman–Crippen MR) is 70.2 cm³/mol. The molecule has 1 aromatic carbocycles. The molecule has 1 unspecified atom stereocenters. The van der Waals surface area contributed by atoms with E-state index < -0.39 is 0 Å². The van der Waals surface area contributed by atoms with Crippen molar-refractivity contribution in [3.8, 4) is 0 Å². The van der Waals surface area contributed by atoms with Gasteiger partial charge in [0.05, 0.1) is 0 Å². The largest absolute Gasteiger partial charge is 0.271 e. The van der Waals surface area contributed by atoms with E-state index in [0.717, 1.165) is 23.4 Å². The normalized spacial score (nSPS) is 13.8. The van der Waals surface area contributed by atoms with Crippen LogP contribution in [0.4, 0.5) is 0 Å². The van der Waals surface area contributed by atoms with Gasteiger partial charge in [-0.15, -0.1) is 0 Å². The molecule has 0 aliphatic rings. The summed E-state index contributed by atoms with van der Waals surface area (Å²) in [6, 6.07) is 8.04. The van der Waals surface area contributed by atoms with Crippen LogP contribution >= 0.6 is 11.6 Å². The van der Waals surface area contributed by atoms with Crippen LogP contribution in [0.3, 0.4) is 0 Å². The van der Waals surface area contributed by atoms with Gasteiger partial charge in [-0.25, -0.2) is 0 Å². The van der Waals surface area contributed by atoms with Crippen LogP contribution in [0.2, 0.25) is 5.02 Å². The SMILES string of the molecule is CC(C)(C)CCC(NN)c1cccc(Cl)c1. The third-order valence-electron chi connectivity index (χ3n) is 2.64. The molecule has 0 aliphatic carbocycles. The first-order chi connectivity index (χ1) is 7.42. The molecular formula is C13H21ClN2. The Kier molecular flexibility index (Phi) is 4.78. The lowest BCUT2D eigenvalue weighted by Crippen LogP contribution is -2.28. The van der Waals surface area contributed by atoms with Crippen LogP contribution in [0.5, 0.6) is 0 Å². The summed E-state index contributed by atoms with van der Waals surface area (Å²) in [4.78, 5) is 0. The fourth-order valence-electron chi connectivity index (χ4n) is 1.65. The maximum absolute atomic E-state index is 5.97. The van der Waals surface area contributed by atoms with Crippen molar-refractivity contribution < 1.29 is 0 Å². The molecule has 16 heavy (non-hydrogen) atoms. The van der Waals surface area contributed by atoms with Crippen LogP contribution in [0, 0.1) is 5.41 Å². The lowest BCUT2D eigenvalue weighted by atomic mass is 9.87. The lowest BCUT2D eigenvalue weighted by molar-refractivity contribution is 0.333. The third kappa shape index (κ3) is 4.52. The molecule has 1 aromatic rings. The molecule has 90 valence electrons. The number of hydrogen-bond donors (Lipinski definition) is 2. The van der Waals surface area contributed by atoms with Crippen LogP contribution in [-0.4, -0.2) is 0 Å². The molecule has 1 rings (SSSR count). The molecule has 0 radical (unpaired) electrons. The smallest absolute Gasteiger partial charge is 0.0460 e. The Morgan fingerprint density at radius 1 is 1.38 bits per heavy atom. The van der Waals surface area contributed by atoms with Gasteiger partial charge < -0.3 is 0 Å². The average molecular weight is 241 g/mol. The lowest BCUT2D eigenvalue weighted by Gasteiger charge is -2.23. The fourth-order valence-corrected chi connectivity index (χ4v) is 1.85. The van der Waals surface area contributed by atoms with Crippen molar-refractivity contribution in [3.05, 3.63) is 34.9 Å². The summed E-state index contributed by atoms with van der Waals surface area (Å²) in [6.07, 6.45) is 2.13. The Morgan fingerprint density at radius 2 is 2.06 bits per heavy atom. The summed E-state index contributed by atoms with van der Waals surface area (Å²) >= 11 is 5.97. The van der Waals surface area contributed by atoms with Crippen molar-refractivity contribution in [3.63, 3.8) is 0 Å². The van der Waals surface area contributed by atoms with Gasteiger partial charge in [-0.05, 0) is 36.0 Å². The standard InChI is InChI=1S/C13H21ClN2/c1-13(2,3)8-7-12(16-15)10-5-4-6-11(14)9-10/h4-6,9,12,16H,7-8,15H2,1-3H3. The number of nitrogens with one attached hydrogen (secondary N) is 1. The van der Waals surface area contributed by atoms with E-state index in [9.17, 15) is 0 Å². The Balaban J connectivity index is 2.68. The first-order valence-electron chi connectivity index (χ1n) is 5.64. The first kappa shape index (κ1) is 13.5. The molecule has 0 saturated heterocycles. The van der Waals surface area contributed by atoms with Crippen molar-refractivity contribution in [2.24, 2.45) is 11.3 Å². The number of halogens is 1. The van der Waals surface area contributed by atoms with E-state index in [1.807, 2.05) is 18.2 Å². The van der Waals surface area contributed by atoms with E-state index in [-0.39, 0.29) is 6.04 Å². The van der Waals surface area contributed by atoms with Gasteiger partial charge in [-0.1, -0.05) is 44.5 Å². The number of hydrazine groups is 1. The summed E-state index contributed by atoms with van der Waals surface area (Å²) in [6.45, 7) is 6.70. The highest BCUT2D eigenvalue weighted by molar-refractivity contribution is 6.30. The third-order valence-corrected chi connectivity index (χ3v) is 2.87. The average Bonchev–Trinajstić information content (AvgIpc) is 2.17. The molecule has 0 amide bonds. The van der Waals surface area contributed by atoms with Gasteiger partial charge in [-0.2, -0.15) is 0 Å². The predicted octanol–water partition coefficient (Wildman–Crippen LogP) is 3.67. The summed E-state index contributed by atoms with van der Waals surface area (Å²) < 4.78 is 0. The minimum absolute atomic E-state index is 0.179. The minimum atomic E-state index is 0.179. The van der Waals surface area contributed by atoms with Crippen molar-refractivity contribution >= 4 is 11.6 Å². The van der Waals surface area contributed by atoms with Gasteiger partial charge in [0.2, 0.25) is 0 Å². The van der Waals surface area contributed by atoms with E-state index in [1.165, 1.54) is 0 Å². The molecule has 0 saturated carbocycles. The van der Waals surface area contributed by atoms with Crippen molar-refractivity contribution in [1.29, 1.82) is 0 Å². The van der Waals surface area contributed by atoms with E-state index >= 15 is 0 Å². The van der Waals surface area contributed by atoms with Gasteiger partial charge in [0, 0.05) is 11.1 Å². The van der Waals surface area contributed by atoms with Crippen molar-refractivity contribution in [2.45, 2.75) is 39.7 Å². The van der Waals surface area contributed by atoms with Gasteiger partial charge in [-0.3, -0.25) is 11.3 Å². The highest BCUT2D eigenvalue weighted by atomic mass is 35.5. The van der Waals surface area contributed by atoms with Crippen LogP contribution in [-0.2, 0) is 0 Å². The summed E-state index contributed by atoms with van der Waals surface area (Å²) in [5, 5.41) is 0.758. The second-order valence-corrected chi connectivity index (χ2v) is 5.81. The number of nitrogens with two attached hydrogens (primary N) is 1. The maximum Gasteiger partial charge on any atom is 0.0460 e. The maximum atomic E-state index is 5.97. The quantitative estimate of drug-likeness (QED) is 0.623. The van der Waals surface area contributed by atoms with E-state index in [4.69, 9.17) is 17.4 Å². The number of rotatable bonds is 4. The minimum Gasteiger partial charge on any atom is -0.271 e. The molecule has 0 heterocycles. The van der Waals surface area contributed by atoms with Crippen LogP contribution in [0.25, 0.3) is 0 Å². The van der Waals surface area contributed by atoms with Crippen LogP contribution in [0.1, 0.15) is 45.2 Å². The summed E-state index contributed by atoms with van der Waals surface area (Å²) in [5.41, 5.74) is 4.34. The molecule has 0 aromatic heterocycles. The summed E-state index contributed by atoms with van der Waals surface area (Å²) in [5.74, 6) is 5.59. The zero-order chi connectivity index (χ0) is 12.2. The topological polar surface area (TPSA) is 38.0 Å². The van der Waals surface area contributed by atoms with Crippen molar-refractivity contribution in [2.75, 3.05) is 0 Å². The van der Waals surface area contributed by atoms with Crippen LogP contribution in [0.15, 0.2) is 24.3 Å². The highest BCUT2D eigenvalue weighted by Crippen LogP contribution is 2.27. The van der Waals surface area contributed by atoms with Gasteiger partial charge in [0.1, 0.15) is 0 Å². The molecule has 0 bridgehead atoms. The molecule has 3 heteroatoms. The van der Waals surface area contributed by atoms with Gasteiger partial charge in [0.25, 0.3) is 0 Å². The molecule has 2 nitrogen and oxygen atoms in total. The second kappa shape index (κ2) is 5.67. The molecular weight excluding hydrogens is 220 g/mol. The zero-order valence-electron chi connectivity index (χ0n) is 10.3. The first-order valence-corrected chi connectivity index (χ1v) is 6.02. The number of benzene rings is 1. The summed E-state index contributed by atoms with van der Waals surface area (Å²) in [7, 11) is 0. The number of hydrogen-bond acceptors (Lipinski definition) is 2. The van der Waals surface area contributed by atoms with Gasteiger partial charge in [0.15, 0.2) is 0 Å². The molecule has 0 aliphatic heterocycles. The fraction of sp³-hybridized carbons (Fsp3) is 0.538. The van der Waals surface area contributed by atoms with E-state index in [0.29, 0.717) is 5.41 Å². The van der Waals surface area contributed by atoms with E-state index in [1.54, 1.807) is 0 Å². The molecule has 3 N–H and O–H groups in total. The van der Waals surface area contributed by atoms with Crippen LogP contribution < -0.4 is 11.3 Å². The monoisotopic (exact) mass is 240 g/mol. The highest BCUT2D eigenvalue weighted by Gasteiger charge is 2.15. The zero-order valence-corrected chi connectivity index (χ0v) is 11.0. The Bertz CT molecular complexity index is 331. The van der Waals surface area contributed by atoms with Gasteiger partial charge >= 0.3 is 0 Å². The molecule has 1 atom stereocenters. The Labute approximate surface area is 103 Å². The van der Waals surface area contributed by atoms with Crippen molar-refractivity contribution in [1.82, 2.24) is 5.43 Å². The van der Waals surface area contributed by atoms with E-state index in [2.05, 4.69) is 32.3 Å². The molecule has 0 fully saturated rings. The Hall–Kier alpha value is -0.570. The second-order valence-electron chi connectivity index (χ2n) is 5.37. The Morgan fingerprint density at radius 3 is 2.56 bits per heavy atom. The molecule has 0 spiro atoms.